The van der Waals surface area contributed by atoms with Crippen LogP contribution in [0.5, 0.6) is 0 Å². The van der Waals surface area contributed by atoms with Crippen molar-refractivity contribution in [3.8, 4) is 6.07 Å². The van der Waals surface area contributed by atoms with E-state index in [1.807, 2.05) is 6.92 Å². The van der Waals surface area contributed by atoms with Crippen LogP contribution < -0.4 is 0 Å². The number of nitriles is 1. The van der Waals surface area contributed by atoms with Crippen LogP contribution >= 0.6 is 11.3 Å². The van der Waals surface area contributed by atoms with Crippen molar-refractivity contribution in [1.82, 2.24) is 9.88 Å². The van der Waals surface area contributed by atoms with E-state index in [9.17, 15) is 4.79 Å². The molecule has 1 heterocycles. The number of thiazole rings is 1. The summed E-state index contributed by atoms with van der Waals surface area (Å²) < 4.78 is 0. The smallest absolute Gasteiger partial charge is 0.365 e. The predicted molar refractivity (Wildman–Crippen MR) is 60.3 cm³/mol. The van der Waals surface area contributed by atoms with Crippen molar-refractivity contribution < 1.29 is 9.90 Å². The first kappa shape index (κ1) is 12.6. The second-order valence-electron chi connectivity index (χ2n) is 3.23. The minimum absolute atomic E-state index is 0.117. The van der Waals surface area contributed by atoms with Gasteiger partial charge in [-0.25, -0.2) is 9.78 Å². The first-order valence-electron chi connectivity index (χ1n) is 4.94. The fourth-order valence-electron chi connectivity index (χ4n) is 1.26. The van der Waals surface area contributed by atoms with Crippen molar-refractivity contribution >= 4 is 17.3 Å². The summed E-state index contributed by atoms with van der Waals surface area (Å²) in [6, 6.07) is 2.09. The fraction of sp³-hybridized carbons (Fsp3) is 0.500. The molecule has 1 N–H and O–H groups in total. The Morgan fingerprint density at radius 2 is 2.50 bits per heavy atom. The van der Waals surface area contributed by atoms with Crippen LogP contribution in [0.25, 0.3) is 0 Å². The van der Waals surface area contributed by atoms with Crippen LogP contribution in [0.3, 0.4) is 0 Å². The maximum atomic E-state index is 10.6. The summed E-state index contributed by atoms with van der Waals surface area (Å²) in [4.78, 5) is 16.7. The molecule has 0 radical (unpaired) electrons. The van der Waals surface area contributed by atoms with Gasteiger partial charge in [0.2, 0.25) is 5.01 Å². The number of hydrogen-bond acceptors (Lipinski definition) is 5. The fourth-order valence-corrected chi connectivity index (χ4v) is 1.91. The Morgan fingerprint density at radius 3 is 3.00 bits per heavy atom. The number of aromatic carboxylic acids is 1. The van der Waals surface area contributed by atoms with Crippen LogP contribution in [0.4, 0.5) is 0 Å². The third kappa shape index (κ3) is 3.61. The van der Waals surface area contributed by atoms with Gasteiger partial charge in [0, 0.05) is 24.9 Å². The van der Waals surface area contributed by atoms with Gasteiger partial charge in [-0.2, -0.15) is 5.26 Å². The third-order valence-electron chi connectivity index (χ3n) is 2.11. The lowest BCUT2D eigenvalue weighted by molar-refractivity contribution is 0.0696. The first-order chi connectivity index (χ1) is 7.67. The van der Waals surface area contributed by atoms with E-state index in [1.165, 1.54) is 0 Å². The average molecular weight is 239 g/mol. The SMILES string of the molecule is CCN(CCC#N)Cc1csc(C(=O)O)n1. The molecule has 0 unspecified atom stereocenters. The number of hydrogen-bond donors (Lipinski definition) is 1. The Labute approximate surface area is 98.0 Å². The molecule has 0 spiro atoms. The van der Waals surface area contributed by atoms with Crippen LogP contribution in [0.2, 0.25) is 0 Å². The van der Waals surface area contributed by atoms with Gasteiger partial charge in [0.25, 0.3) is 0 Å². The molecule has 0 atom stereocenters. The summed E-state index contributed by atoms with van der Waals surface area (Å²) >= 11 is 1.13. The second kappa shape index (κ2) is 6.20. The summed E-state index contributed by atoms with van der Waals surface area (Å²) in [5.74, 6) is -0.990. The van der Waals surface area contributed by atoms with Gasteiger partial charge in [0.1, 0.15) is 0 Å². The molecule has 1 aromatic heterocycles. The van der Waals surface area contributed by atoms with Gasteiger partial charge in [-0.15, -0.1) is 11.3 Å². The second-order valence-corrected chi connectivity index (χ2v) is 4.08. The zero-order chi connectivity index (χ0) is 12.0. The molecule has 0 bridgehead atoms. The molecular formula is C10H13N3O2S. The van der Waals surface area contributed by atoms with Gasteiger partial charge in [-0.3, -0.25) is 4.90 Å². The van der Waals surface area contributed by atoms with Crippen molar-refractivity contribution in [3.05, 3.63) is 16.1 Å². The van der Waals surface area contributed by atoms with Crippen molar-refractivity contribution in [2.24, 2.45) is 0 Å². The number of aromatic nitrogens is 1. The number of nitrogens with zero attached hydrogens (tertiary/aromatic N) is 3. The standard InChI is InChI=1S/C10H13N3O2S/c1-2-13(5-3-4-11)6-8-7-16-9(12-8)10(14)15/h7H,2-3,5-6H2,1H3,(H,14,15). The van der Waals surface area contributed by atoms with Crippen LogP contribution in [0.15, 0.2) is 5.38 Å². The summed E-state index contributed by atoms with van der Waals surface area (Å²) in [6.07, 6.45) is 0.476. The molecule has 86 valence electrons. The van der Waals surface area contributed by atoms with E-state index in [1.54, 1.807) is 5.38 Å². The Hall–Kier alpha value is -1.45. The lowest BCUT2D eigenvalue weighted by atomic mass is 10.3. The van der Waals surface area contributed by atoms with Crippen molar-refractivity contribution in [1.29, 1.82) is 5.26 Å². The molecule has 1 aromatic rings. The highest BCUT2D eigenvalue weighted by Crippen LogP contribution is 2.11. The maximum Gasteiger partial charge on any atom is 0.365 e. The van der Waals surface area contributed by atoms with E-state index >= 15 is 0 Å². The van der Waals surface area contributed by atoms with Crippen molar-refractivity contribution in [2.45, 2.75) is 19.9 Å². The molecule has 0 fully saturated rings. The zero-order valence-corrected chi connectivity index (χ0v) is 9.83. The molecule has 6 heteroatoms. The minimum Gasteiger partial charge on any atom is -0.476 e. The number of carbonyl (C=O) groups is 1. The summed E-state index contributed by atoms with van der Waals surface area (Å²) in [5.41, 5.74) is 0.752. The van der Waals surface area contributed by atoms with E-state index < -0.39 is 5.97 Å². The molecule has 1 rings (SSSR count). The Bertz CT molecular complexity index is 397. The van der Waals surface area contributed by atoms with E-state index in [0.29, 0.717) is 19.5 Å². The van der Waals surface area contributed by atoms with Crippen LogP contribution in [-0.4, -0.2) is 34.0 Å². The van der Waals surface area contributed by atoms with Crippen molar-refractivity contribution in [3.63, 3.8) is 0 Å². The predicted octanol–water partition coefficient (Wildman–Crippen LogP) is 1.58. The largest absolute Gasteiger partial charge is 0.476 e. The Morgan fingerprint density at radius 1 is 1.75 bits per heavy atom. The zero-order valence-electron chi connectivity index (χ0n) is 9.01. The Kier molecular flexibility index (Phi) is 4.89. The summed E-state index contributed by atoms with van der Waals surface area (Å²) in [6.45, 7) is 4.11. The molecule has 0 aromatic carbocycles. The third-order valence-corrected chi connectivity index (χ3v) is 2.99. The van der Waals surface area contributed by atoms with Crippen molar-refractivity contribution in [2.75, 3.05) is 13.1 Å². The van der Waals surface area contributed by atoms with Crippen LogP contribution in [0, 0.1) is 11.3 Å². The summed E-state index contributed by atoms with van der Waals surface area (Å²) in [5, 5.41) is 19.1. The van der Waals surface area contributed by atoms with E-state index in [4.69, 9.17) is 10.4 Å². The average Bonchev–Trinajstić information content (AvgIpc) is 2.72. The van der Waals surface area contributed by atoms with Gasteiger partial charge in [0.15, 0.2) is 0 Å². The highest BCUT2D eigenvalue weighted by Gasteiger charge is 2.11. The molecule has 0 aliphatic rings. The lowest BCUT2D eigenvalue weighted by Gasteiger charge is -2.16. The quantitative estimate of drug-likeness (QED) is 0.815. The molecule has 16 heavy (non-hydrogen) atoms. The number of carboxylic acids is 1. The van der Waals surface area contributed by atoms with E-state index in [0.717, 1.165) is 23.6 Å². The molecule has 0 aliphatic heterocycles. The summed E-state index contributed by atoms with van der Waals surface area (Å²) in [7, 11) is 0. The van der Waals surface area contributed by atoms with Crippen LogP contribution in [-0.2, 0) is 6.54 Å². The molecular weight excluding hydrogens is 226 g/mol. The lowest BCUT2D eigenvalue weighted by Crippen LogP contribution is -2.24. The van der Waals surface area contributed by atoms with E-state index in [-0.39, 0.29) is 5.01 Å². The van der Waals surface area contributed by atoms with Gasteiger partial charge >= 0.3 is 5.97 Å². The highest BCUT2D eigenvalue weighted by atomic mass is 32.1. The number of rotatable bonds is 6. The molecule has 0 saturated carbocycles. The van der Waals surface area contributed by atoms with Crippen LogP contribution in [0.1, 0.15) is 28.8 Å². The van der Waals surface area contributed by atoms with Gasteiger partial charge in [-0.05, 0) is 6.54 Å². The minimum atomic E-state index is -0.990. The molecule has 0 aliphatic carbocycles. The number of carboxylic acid groups (broad SMARTS) is 1. The molecule has 0 saturated heterocycles. The normalized spacial score (nSPS) is 10.3. The topological polar surface area (TPSA) is 77.2 Å². The van der Waals surface area contributed by atoms with Gasteiger partial charge in [-0.1, -0.05) is 6.92 Å². The highest BCUT2D eigenvalue weighted by molar-refractivity contribution is 7.11. The maximum absolute atomic E-state index is 10.6. The van der Waals surface area contributed by atoms with Gasteiger partial charge in [0.05, 0.1) is 11.8 Å². The van der Waals surface area contributed by atoms with Gasteiger partial charge < -0.3 is 5.11 Å². The Balaban J connectivity index is 2.57. The van der Waals surface area contributed by atoms with E-state index in [2.05, 4.69) is 16.0 Å². The molecule has 0 amide bonds. The first-order valence-corrected chi connectivity index (χ1v) is 5.82. The monoisotopic (exact) mass is 239 g/mol. The molecule has 5 nitrogen and oxygen atoms in total.